The Balaban J connectivity index is 1.63. The smallest absolute Gasteiger partial charge is 0.267 e. The highest BCUT2D eigenvalue weighted by Crippen LogP contribution is 2.31. The van der Waals surface area contributed by atoms with Crippen LogP contribution in [0.3, 0.4) is 0 Å². The molecule has 8 heteroatoms. The van der Waals surface area contributed by atoms with E-state index in [0.717, 1.165) is 11.1 Å². The standard InChI is InChI=1S/C19H22F2N6/c1-12(2)19(20,21)15-11-27(10-9-22-15)16-7-3-6-14(24-16)17-13-5-4-8-23-18(13)26-25-17/h3-8,12,15,22H,9-11H2,1-2H3,(H,23,25,26). The number of alkyl halides is 2. The van der Waals surface area contributed by atoms with Crippen LogP contribution in [-0.4, -0.2) is 51.8 Å². The molecule has 4 rings (SSSR count). The van der Waals surface area contributed by atoms with Gasteiger partial charge in [0.2, 0.25) is 0 Å². The molecule has 1 aliphatic rings. The second kappa shape index (κ2) is 6.84. The van der Waals surface area contributed by atoms with Gasteiger partial charge in [-0.3, -0.25) is 5.10 Å². The average molecular weight is 372 g/mol. The van der Waals surface area contributed by atoms with Gasteiger partial charge in [0.05, 0.1) is 17.4 Å². The number of anilines is 1. The molecule has 3 aromatic rings. The number of pyridine rings is 2. The van der Waals surface area contributed by atoms with E-state index in [1.165, 1.54) is 0 Å². The van der Waals surface area contributed by atoms with Gasteiger partial charge in [-0.2, -0.15) is 5.10 Å². The summed E-state index contributed by atoms with van der Waals surface area (Å²) in [6.07, 6.45) is 1.69. The average Bonchev–Trinajstić information content (AvgIpc) is 3.12. The normalized spacial score (nSPS) is 18.4. The largest absolute Gasteiger partial charge is 0.354 e. The maximum atomic E-state index is 14.5. The molecule has 0 amide bonds. The number of fused-ring (bicyclic) bond motifs is 1. The number of hydrogen-bond acceptors (Lipinski definition) is 5. The molecule has 0 bridgehead atoms. The maximum absolute atomic E-state index is 14.5. The van der Waals surface area contributed by atoms with Crippen molar-refractivity contribution in [1.29, 1.82) is 0 Å². The molecule has 0 spiro atoms. The highest BCUT2D eigenvalue weighted by molar-refractivity contribution is 5.89. The van der Waals surface area contributed by atoms with Crippen LogP contribution in [-0.2, 0) is 0 Å². The Bertz CT molecular complexity index is 939. The molecule has 0 aromatic carbocycles. The van der Waals surface area contributed by atoms with E-state index in [1.54, 1.807) is 20.0 Å². The van der Waals surface area contributed by atoms with E-state index in [0.29, 0.717) is 30.2 Å². The van der Waals surface area contributed by atoms with Crippen LogP contribution in [0, 0.1) is 5.92 Å². The highest BCUT2D eigenvalue weighted by atomic mass is 19.3. The monoisotopic (exact) mass is 372 g/mol. The van der Waals surface area contributed by atoms with Gasteiger partial charge in [-0.15, -0.1) is 0 Å². The highest BCUT2D eigenvalue weighted by Gasteiger charge is 2.44. The fourth-order valence-electron chi connectivity index (χ4n) is 3.40. The molecule has 1 unspecified atom stereocenters. The van der Waals surface area contributed by atoms with Crippen molar-refractivity contribution < 1.29 is 8.78 Å². The molecule has 4 heterocycles. The number of nitrogens with zero attached hydrogens (tertiary/aromatic N) is 4. The van der Waals surface area contributed by atoms with Crippen molar-refractivity contribution in [1.82, 2.24) is 25.5 Å². The Morgan fingerprint density at radius 2 is 2.07 bits per heavy atom. The molecular formula is C19H22F2N6. The Labute approximate surface area is 156 Å². The Morgan fingerprint density at radius 1 is 1.22 bits per heavy atom. The molecule has 0 saturated carbocycles. The number of halogens is 2. The summed E-state index contributed by atoms with van der Waals surface area (Å²) in [6, 6.07) is 8.51. The summed E-state index contributed by atoms with van der Waals surface area (Å²) in [7, 11) is 0. The Hall–Kier alpha value is -2.61. The third-order valence-corrected chi connectivity index (χ3v) is 5.05. The predicted octanol–water partition coefficient (Wildman–Crippen LogP) is 3.09. The lowest BCUT2D eigenvalue weighted by molar-refractivity contribution is -0.0780. The molecule has 1 atom stereocenters. The summed E-state index contributed by atoms with van der Waals surface area (Å²) in [5.74, 6) is -2.81. The van der Waals surface area contributed by atoms with E-state index in [9.17, 15) is 8.78 Å². The van der Waals surface area contributed by atoms with Gasteiger partial charge in [-0.05, 0) is 24.3 Å². The second-order valence-electron chi connectivity index (χ2n) is 7.14. The number of aromatic amines is 1. The first-order valence-electron chi connectivity index (χ1n) is 9.09. The molecule has 0 radical (unpaired) electrons. The first-order valence-corrected chi connectivity index (χ1v) is 9.09. The Morgan fingerprint density at radius 3 is 2.89 bits per heavy atom. The minimum Gasteiger partial charge on any atom is -0.354 e. The first kappa shape index (κ1) is 17.8. The van der Waals surface area contributed by atoms with Gasteiger partial charge < -0.3 is 10.2 Å². The van der Waals surface area contributed by atoms with Crippen LogP contribution in [0.1, 0.15) is 13.8 Å². The van der Waals surface area contributed by atoms with Crippen LogP contribution in [0.2, 0.25) is 0 Å². The van der Waals surface area contributed by atoms with E-state index in [4.69, 9.17) is 4.98 Å². The third-order valence-electron chi connectivity index (χ3n) is 5.05. The van der Waals surface area contributed by atoms with Gasteiger partial charge in [0, 0.05) is 37.1 Å². The lowest BCUT2D eigenvalue weighted by Gasteiger charge is -2.39. The Kier molecular flexibility index (Phi) is 4.51. The van der Waals surface area contributed by atoms with Gasteiger partial charge in [-0.1, -0.05) is 19.9 Å². The lowest BCUT2D eigenvalue weighted by atomic mass is 9.96. The number of piperazine rings is 1. The van der Waals surface area contributed by atoms with Gasteiger partial charge in [0.25, 0.3) is 5.92 Å². The summed E-state index contributed by atoms with van der Waals surface area (Å²) in [5.41, 5.74) is 2.12. The number of hydrogen-bond donors (Lipinski definition) is 2. The molecule has 142 valence electrons. The van der Waals surface area contributed by atoms with E-state index in [-0.39, 0.29) is 6.54 Å². The van der Waals surface area contributed by atoms with Crippen LogP contribution < -0.4 is 10.2 Å². The zero-order valence-corrected chi connectivity index (χ0v) is 15.3. The van der Waals surface area contributed by atoms with Crippen LogP contribution in [0.25, 0.3) is 22.4 Å². The molecule has 3 aromatic heterocycles. The number of H-pyrrole nitrogens is 1. The molecule has 27 heavy (non-hydrogen) atoms. The van der Waals surface area contributed by atoms with Gasteiger partial charge in [0.1, 0.15) is 5.82 Å². The van der Waals surface area contributed by atoms with Gasteiger partial charge in [-0.25, -0.2) is 18.7 Å². The first-order chi connectivity index (χ1) is 13.0. The van der Waals surface area contributed by atoms with Crippen molar-refractivity contribution in [3.05, 3.63) is 36.5 Å². The lowest BCUT2D eigenvalue weighted by Crippen LogP contribution is -2.60. The van der Waals surface area contributed by atoms with E-state index in [2.05, 4.69) is 20.5 Å². The molecule has 1 saturated heterocycles. The fraction of sp³-hybridized carbons (Fsp3) is 0.421. The van der Waals surface area contributed by atoms with Gasteiger partial charge >= 0.3 is 0 Å². The predicted molar refractivity (Wildman–Crippen MR) is 101 cm³/mol. The summed E-state index contributed by atoms with van der Waals surface area (Å²) in [4.78, 5) is 10.8. The summed E-state index contributed by atoms with van der Waals surface area (Å²) in [5, 5.41) is 11.0. The fourth-order valence-corrected chi connectivity index (χ4v) is 3.40. The molecular weight excluding hydrogens is 350 g/mol. The number of rotatable bonds is 4. The SMILES string of the molecule is CC(C)C(F)(F)C1CN(c2cccc(-c3[nH]nc4ncccc34)n2)CCN1. The van der Waals surface area contributed by atoms with Crippen LogP contribution in [0.5, 0.6) is 0 Å². The zero-order chi connectivity index (χ0) is 19.0. The van der Waals surface area contributed by atoms with E-state index < -0.39 is 17.9 Å². The van der Waals surface area contributed by atoms with Crippen molar-refractivity contribution in [3.8, 4) is 11.4 Å². The van der Waals surface area contributed by atoms with Crippen LogP contribution in [0.4, 0.5) is 14.6 Å². The number of nitrogens with one attached hydrogen (secondary N) is 2. The van der Waals surface area contributed by atoms with Crippen molar-refractivity contribution >= 4 is 16.9 Å². The molecule has 2 N–H and O–H groups in total. The van der Waals surface area contributed by atoms with Crippen molar-refractivity contribution in [2.45, 2.75) is 25.8 Å². The summed E-state index contributed by atoms with van der Waals surface area (Å²) in [6.45, 7) is 4.45. The second-order valence-corrected chi connectivity index (χ2v) is 7.14. The molecule has 1 fully saturated rings. The number of aromatic nitrogens is 4. The van der Waals surface area contributed by atoms with Crippen molar-refractivity contribution in [2.24, 2.45) is 5.92 Å². The molecule has 6 nitrogen and oxygen atoms in total. The molecule has 1 aliphatic heterocycles. The van der Waals surface area contributed by atoms with Crippen molar-refractivity contribution in [3.63, 3.8) is 0 Å². The summed E-state index contributed by atoms with van der Waals surface area (Å²) < 4.78 is 28.9. The van der Waals surface area contributed by atoms with E-state index in [1.807, 2.05) is 35.2 Å². The van der Waals surface area contributed by atoms with E-state index >= 15 is 0 Å². The van der Waals surface area contributed by atoms with Crippen LogP contribution in [0.15, 0.2) is 36.5 Å². The zero-order valence-electron chi connectivity index (χ0n) is 15.3. The minimum atomic E-state index is -2.78. The topological polar surface area (TPSA) is 69.7 Å². The quantitative estimate of drug-likeness (QED) is 0.737. The summed E-state index contributed by atoms with van der Waals surface area (Å²) >= 11 is 0. The van der Waals surface area contributed by atoms with Crippen LogP contribution >= 0.6 is 0 Å². The minimum absolute atomic E-state index is 0.215. The van der Waals surface area contributed by atoms with Gasteiger partial charge in [0.15, 0.2) is 5.65 Å². The van der Waals surface area contributed by atoms with Crippen molar-refractivity contribution in [2.75, 3.05) is 24.5 Å². The maximum Gasteiger partial charge on any atom is 0.267 e. The third kappa shape index (κ3) is 3.25. The molecule has 0 aliphatic carbocycles.